The average Bonchev–Trinajstić information content (AvgIpc) is 2.84. The van der Waals surface area contributed by atoms with Crippen LogP contribution >= 0.6 is 0 Å². The number of alkyl halides is 3. The van der Waals surface area contributed by atoms with Crippen LogP contribution in [-0.2, 0) is 6.18 Å². The summed E-state index contributed by atoms with van der Waals surface area (Å²) in [6.07, 6.45) is -3.00. The quantitative estimate of drug-likeness (QED) is 0.877. The van der Waals surface area contributed by atoms with Crippen molar-refractivity contribution < 1.29 is 18.0 Å². The summed E-state index contributed by atoms with van der Waals surface area (Å²) < 4.78 is 40.1. The highest BCUT2D eigenvalue weighted by atomic mass is 19.4. The second kappa shape index (κ2) is 5.00. The van der Waals surface area contributed by atoms with Crippen LogP contribution in [0.4, 0.5) is 24.5 Å². The summed E-state index contributed by atoms with van der Waals surface area (Å²) in [5.41, 5.74) is 6.09. The number of nitrogens with two attached hydrogens (primary N) is 1. The van der Waals surface area contributed by atoms with Gasteiger partial charge >= 0.3 is 6.18 Å². The van der Waals surface area contributed by atoms with E-state index in [0.717, 1.165) is 6.07 Å². The van der Waals surface area contributed by atoms with E-state index in [1.165, 1.54) is 30.2 Å². The predicted molar refractivity (Wildman–Crippen MR) is 79.2 cm³/mol. The van der Waals surface area contributed by atoms with Gasteiger partial charge in [-0.3, -0.25) is 9.48 Å². The number of fused-ring (bicyclic) bond motifs is 1. The van der Waals surface area contributed by atoms with Crippen LogP contribution < -0.4 is 10.6 Å². The van der Waals surface area contributed by atoms with Crippen LogP contribution in [0.3, 0.4) is 0 Å². The van der Waals surface area contributed by atoms with Crippen molar-refractivity contribution in [1.29, 1.82) is 0 Å². The smallest absolute Gasteiger partial charge is 0.396 e. The molecule has 0 bridgehead atoms. The van der Waals surface area contributed by atoms with Crippen LogP contribution in [0.1, 0.15) is 34.6 Å². The Morgan fingerprint density at radius 3 is 2.65 bits per heavy atom. The highest BCUT2D eigenvalue weighted by molar-refractivity contribution is 6.08. The molecule has 0 saturated carbocycles. The molecule has 5 nitrogen and oxygen atoms in total. The number of carbonyl (C=O) groups excluding carboxylic acids is 1. The van der Waals surface area contributed by atoms with Gasteiger partial charge in [0.2, 0.25) is 0 Å². The zero-order chi connectivity index (χ0) is 16.9. The molecule has 3 rings (SSSR count). The first-order valence-electron chi connectivity index (χ1n) is 7.03. The molecule has 0 saturated heterocycles. The molecule has 0 aliphatic carbocycles. The molecule has 2 heterocycles. The molecule has 122 valence electrons. The molecule has 1 aliphatic heterocycles. The minimum absolute atomic E-state index is 0.0718. The van der Waals surface area contributed by atoms with Crippen molar-refractivity contribution in [2.75, 3.05) is 17.2 Å². The molecule has 1 amide bonds. The molecular formula is C15H15F3N4O. The van der Waals surface area contributed by atoms with Crippen LogP contribution in [0.2, 0.25) is 0 Å². The summed E-state index contributed by atoms with van der Waals surface area (Å²) in [6, 6.07) is 3.55. The number of anilines is 2. The van der Waals surface area contributed by atoms with Gasteiger partial charge in [-0.15, -0.1) is 0 Å². The first-order chi connectivity index (χ1) is 10.7. The lowest BCUT2D eigenvalue weighted by Gasteiger charge is -2.32. The van der Waals surface area contributed by atoms with E-state index >= 15 is 0 Å². The molecule has 2 aromatic rings. The number of hydrogen-bond acceptors (Lipinski definition) is 3. The van der Waals surface area contributed by atoms with Crippen molar-refractivity contribution in [3.05, 3.63) is 41.2 Å². The SMILES string of the molecule is Cc1cc(N2C[C@H](C)n3ncc(N)c3C2=O)ccc1C(F)(F)F. The number of hydrogen-bond donors (Lipinski definition) is 1. The molecule has 0 unspecified atom stereocenters. The fourth-order valence-electron chi connectivity index (χ4n) is 2.84. The van der Waals surface area contributed by atoms with Gasteiger partial charge in [0.1, 0.15) is 5.69 Å². The standard InChI is InChI=1S/C15H15F3N4O/c1-8-5-10(3-4-11(8)15(16,17)18)21-7-9(2)22-13(14(21)23)12(19)6-20-22/h3-6,9H,7,19H2,1-2H3/t9-/m0/s1. The van der Waals surface area contributed by atoms with Crippen LogP contribution in [0.5, 0.6) is 0 Å². The van der Waals surface area contributed by atoms with Gasteiger partial charge in [0.05, 0.1) is 23.5 Å². The maximum Gasteiger partial charge on any atom is 0.416 e. The lowest BCUT2D eigenvalue weighted by Crippen LogP contribution is -2.43. The molecule has 1 aromatic heterocycles. The molecule has 2 N–H and O–H groups in total. The first kappa shape index (κ1) is 15.4. The summed E-state index contributed by atoms with van der Waals surface area (Å²) in [4.78, 5) is 14.0. The predicted octanol–water partition coefficient (Wildman–Crippen LogP) is 3.01. The van der Waals surface area contributed by atoms with Crippen LogP contribution in [0, 0.1) is 6.92 Å². The van der Waals surface area contributed by atoms with Crippen LogP contribution in [0.15, 0.2) is 24.4 Å². The van der Waals surface area contributed by atoms with Gasteiger partial charge in [-0.05, 0) is 37.6 Å². The number of carbonyl (C=O) groups is 1. The number of rotatable bonds is 1. The summed E-state index contributed by atoms with van der Waals surface area (Å²) in [5, 5.41) is 4.08. The van der Waals surface area contributed by atoms with E-state index in [-0.39, 0.29) is 28.9 Å². The maximum absolute atomic E-state index is 12.9. The Bertz CT molecular complexity index is 782. The Kier molecular flexibility index (Phi) is 3.35. The van der Waals surface area contributed by atoms with E-state index < -0.39 is 11.7 Å². The molecule has 0 fully saturated rings. The van der Waals surface area contributed by atoms with E-state index in [1.54, 1.807) is 4.68 Å². The van der Waals surface area contributed by atoms with Crippen molar-refractivity contribution >= 4 is 17.3 Å². The third-order valence-corrected chi connectivity index (χ3v) is 3.96. The number of halogens is 3. The molecule has 1 aromatic carbocycles. The third-order valence-electron chi connectivity index (χ3n) is 3.96. The first-order valence-corrected chi connectivity index (χ1v) is 7.03. The molecular weight excluding hydrogens is 309 g/mol. The fourth-order valence-corrected chi connectivity index (χ4v) is 2.84. The van der Waals surface area contributed by atoms with Crippen molar-refractivity contribution in [2.45, 2.75) is 26.1 Å². The zero-order valence-corrected chi connectivity index (χ0v) is 12.6. The number of nitrogen functional groups attached to an aromatic ring is 1. The van der Waals surface area contributed by atoms with Crippen molar-refractivity contribution in [2.24, 2.45) is 0 Å². The van der Waals surface area contributed by atoms with Crippen LogP contribution in [0.25, 0.3) is 0 Å². The normalized spacial score (nSPS) is 18.2. The summed E-state index contributed by atoms with van der Waals surface area (Å²) in [7, 11) is 0. The highest BCUT2D eigenvalue weighted by Crippen LogP contribution is 2.35. The van der Waals surface area contributed by atoms with Gasteiger partial charge in [0, 0.05) is 12.2 Å². The molecule has 0 spiro atoms. The van der Waals surface area contributed by atoms with E-state index in [0.29, 0.717) is 12.2 Å². The van der Waals surface area contributed by atoms with E-state index in [2.05, 4.69) is 5.10 Å². The van der Waals surface area contributed by atoms with E-state index in [4.69, 9.17) is 5.73 Å². The van der Waals surface area contributed by atoms with E-state index in [9.17, 15) is 18.0 Å². The maximum atomic E-state index is 12.9. The van der Waals surface area contributed by atoms with Crippen molar-refractivity contribution in [3.63, 3.8) is 0 Å². The summed E-state index contributed by atoms with van der Waals surface area (Å²) in [6.45, 7) is 3.56. The molecule has 0 radical (unpaired) electrons. The third kappa shape index (κ3) is 2.43. The van der Waals surface area contributed by atoms with E-state index in [1.807, 2.05) is 6.92 Å². The number of nitrogens with zero attached hydrogens (tertiary/aromatic N) is 3. The average molecular weight is 324 g/mol. The van der Waals surface area contributed by atoms with Crippen molar-refractivity contribution in [3.8, 4) is 0 Å². The Hall–Kier alpha value is -2.51. The Balaban J connectivity index is 2.02. The van der Waals surface area contributed by atoms with Gasteiger partial charge < -0.3 is 10.6 Å². The molecule has 1 atom stereocenters. The van der Waals surface area contributed by atoms with Gasteiger partial charge in [-0.1, -0.05) is 0 Å². The van der Waals surface area contributed by atoms with Crippen LogP contribution in [-0.4, -0.2) is 22.2 Å². The highest BCUT2D eigenvalue weighted by Gasteiger charge is 2.35. The van der Waals surface area contributed by atoms with Gasteiger partial charge in [-0.25, -0.2) is 0 Å². The van der Waals surface area contributed by atoms with Gasteiger partial charge in [-0.2, -0.15) is 18.3 Å². The summed E-state index contributed by atoms with van der Waals surface area (Å²) in [5.74, 6) is -0.364. The monoisotopic (exact) mass is 324 g/mol. The number of benzene rings is 1. The largest absolute Gasteiger partial charge is 0.416 e. The fraction of sp³-hybridized carbons (Fsp3) is 0.333. The second-order valence-electron chi connectivity index (χ2n) is 5.65. The Morgan fingerprint density at radius 2 is 2.04 bits per heavy atom. The Morgan fingerprint density at radius 1 is 1.35 bits per heavy atom. The zero-order valence-electron chi connectivity index (χ0n) is 12.6. The number of amides is 1. The number of aromatic nitrogens is 2. The molecule has 23 heavy (non-hydrogen) atoms. The lowest BCUT2D eigenvalue weighted by atomic mass is 10.1. The topological polar surface area (TPSA) is 64.2 Å². The number of aryl methyl sites for hydroxylation is 1. The van der Waals surface area contributed by atoms with Gasteiger partial charge in [0.15, 0.2) is 0 Å². The summed E-state index contributed by atoms with van der Waals surface area (Å²) >= 11 is 0. The molecule has 1 aliphatic rings. The molecule has 8 heteroatoms. The Labute approximate surface area is 130 Å². The van der Waals surface area contributed by atoms with Crippen molar-refractivity contribution in [1.82, 2.24) is 9.78 Å². The minimum Gasteiger partial charge on any atom is -0.396 e. The second-order valence-corrected chi connectivity index (χ2v) is 5.65. The van der Waals surface area contributed by atoms with Gasteiger partial charge in [0.25, 0.3) is 5.91 Å². The lowest BCUT2D eigenvalue weighted by molar-refractivity contribution is -0.138. The minimum atomic E-state index is -4.41.